The number of aromatic nitrogens is 1. The number of hydrogen-bond donors (Lipinski definition) is 1. The van der Waals surface area contributed by atoms with Crippen LogP contribution in [0.3, 0.4) is 0 Å². The summed E-state index contributed by atoms with van der Waals surface area (Å²) >= 11 is 6.11. The third-order valence-electron chi connectivity index (χ3n) is 2.70. The lowest BCUT2D eigenvalue weighted by Gasteiger charge is -2.22. The van der Waals surface area contributed by atoms with Crippen LogP contribution in [0.2, 0.25) is 5.02 Å². The van der Waals surface area contributed by atoms with E-state index in [2.05, 4.69) is 23.7 Å². The zero-order valence-electron chi connectivity index (χ0n) is 10.1. The fraction of sp³-hybridized carbons (Fsp3) is 0.583. The Balaban J connectivity index is 2.79. The monoisotopic (exact) mass is 242 g/mol. The third kappa shape index (κ3) is 3.35. The standard InChI is InChI=1S/C12H19ClN2O/c1-4-9(2)7-15(3)12-11(13)5-10(8-16)6-14-12/h5-6,9,16H,4,7-8H2,1-3H3. The fourth-order valence-corrected chi connectivity index (χ4v) is 1.85. The van der Waals surface area contributed by atoms with Crippen LogP contribution in [0.4, 0.5) is 5.82 Å². The van der Waals surface area contributed by atoms with Gasteiger partial charge in [-0.15, -0.1) is 0 Å². The molecule has 0 amide bonds. The largest absolute Gasteiger partial charge is 0.392 e. The van der Waals surface area contributed by atoms with Crippen molar-refractivity contribution in [3.05, 3.63) is 22.8 Å². The van der Waals surface area contributed by atoms with Crippen LogP contribution in [0, 0.1) is 5.92 Å². The van der Waals surface area contributed by atoms with Crippen LogP contribution >= 0.6 is 11.6 Å². The Morgan fingerprint density at radius 3 is 2.75 bits per heavy atom. The molecule has 16 heavy (non-hydrogen) atoms. The van der Waals surface area contributed by atoms with Crippen LogP contribution in [0.1, 0.15) is 25.8 Å². The van der Waals surface area contributed by atoms with Crippen LogP contribution in [-0.2, 0) is 6.61 Å². The van der Waals surface area contributed by atoms with Crippen LogP contribution < -0.4 is 4.90 Å². The van der Waals surface area contributed by atoms with E-state index < -0.39 is 0 Å². The van der Waals surface area contributed by atoms with Gasteiger partial charge in [0.15, 0.2) is 0 Å². The molecule has 0 aliphatic carbocycles. The van der Waals surface area contributed by atoms with E-state index in [4.69, 9.17) is 16.7 Å². The zero-order chi connectivity index (χ0) is 12.1. The Kier molecular flexibility index (Phi) is 5.03. The molecule has 0 radical (unpaired) electrons. The summed E-state index contributed by atoms with van der Waals surface area (Å²) in [6.45, 7) is 5.28. The van der Waals surface area contributed by atoms with Gasteiger partial charge in [-0.2, -0.15) is 0 Å². The minimum atomic E-state index is -0.0257. The predicted molar refractivity (Wildman–Crippen MR) is 67.9 cm³/mol. The molecule has 1 atom stereocenters. The molecule has 0 aromatic carbocycles. The van der Waals surface area contributed by atoms with Crippen molar-refractivity contribution in [3.8, 4) is 0 Å². The van der Waals surface area contributed by atoms with Gasteiger partial charge in [0.2, 0.25) is 0 Å². The predicted octanol–water partition coefficient (Wildman–Crippen LogP) is 2.71. The van der Waals surface area contributed by atoms with Gasteiger partial charge in [0, 0.05) is 19.8 Å². The van der Waals surface area contributed by atoms with Crippen LogP contribution in [0.15, 0.2) is 12.3 Å². The van der Waals surface area contributed by atoms with Crippen molar-refractivity contribution >= 4 is 17.4 Å². The van der Waals surface area contributed by atoms with Crippen LogP contribution in [0.25, 0.3) is 0 Å². The van der Waals surface area contributed by atoms with Crippen molar-refractivity contribution < 1.29 is 5.11 Å². The van der Waals surface area contributed by atoms with E-state index in [-0.39, 0.29) is 6.61 Å². The second kappa shape index (κ2) is 6.06. The highest BCUT2D eigenvalue weighted by Gasteiger charge is 2.10. The molecule has 0 bridgehead atoms. The van der Waals surface area contributed by atoms with E-state index in [1.165, 1.54) is 0 Å². The van der Waals surface area contributed by atoms with Crippen molar-refractivity contribution in [2.75, 3.05) is 18.5 Å². The minimum Gasteiger partial charge on any atom is -0.392 e. The van der Waals surface area contributed by atoms with E-state index in [1.54, 1.807) is 12.3 Å². The summed E-state index contributed by atoms with van der Waals surface area (Å²) in [6.07, 6.45) is 2.80. The highest BCUT2D eigenvalue weighted by molar-refractivity contribution is 6.33. The van der Waals surface area contributed by atoms with Crippen molar-refractivity contribution in [2.45, 2.75) is 26.9 Å². The van der Waals surface area contributed by atoms with Gasteiger partial charge in [-0.05, 0) is 17.5 Å². The molecule has 3 nitrogen and oxygen atoms in total. The molecule has 0 aliphatic heterocycles. The van der Waals surface area contributed by atoms with E-state index in [9.17, 15) is 0 Å². The number of aliphatic hydroxyl groups excluding tert-OH is 1. The van der Waals surface area contributed by atoms with Gasteiger partial charge < -0.3 is 10.0 Å². The zero-order valence-corrected chi connectivity index (χ0v) is 10.8. The first-order chi connectivity index (χ1) is 7.58. The highest BCUT2D eigenvalue weighted by Crippen LogP contribution is 2.24. The molecule has 0 spiro atoms. The summed E-state index contributed by atoms with van der Waals surface area (Å²) < 4.78 is 0. The van der Waals surface area contributed by atoms with Gasteiger partial charge in [-0.25, -0.2) is 4.98 Å². The van der Waals surface area contributed by atoms with Crippen LogP contribution in [0.5, 0.6) is 0 Å². The molecule has 90 valence electrons. The van der Waals surface area contributed by atoms with Crippen molar-refractivity contribution in [3.63, 3.8) is 0 Å². The molecule has 0 fully saturated rings. The molecular formula is C12H19ClN2O. The van der Waals surface area contributed by atoms with Crippen LogP contribution in [-0.4, -0.2) is 23.7 Å². The lowest BCUT2D eigenvalue weighted by Crippen LogP contribution is -2.24. The molecule has 1 aromatic heterocycles. The molecule has 0 aliphatic rings. The van der Waals surface area contributed by atoms with Crippen molar-refractivity contribution in [1.82, 2.24) is 4.98 Å². The van der Waals surface area contributed by atoms with Gasteiger partial charge in [-0.1, -0.05) is 31.9 Å². The van der Waals surface area contributed by atoms with Gasteiger partial charge in [0.05, 0.1) is 11.6 Å². The lowest BCUT2D eigenvalue weighted by molar-refractivity contribution is 0.281. The summed E-state index contributed by atoms with van der Waals surface area (Å²) in [5.74, 6) is 1.39. The Labute approximate surface area is 102 Å². The average Bonchev–Trinajstić information content (AvgIpc) is 2.28. The molecule has 1 aromatic rings. The van der Waals surface area contributed by atoms with E-state index in [1.807, 2.05) is 7.05 Å². The molecule has 1 N–H and O–H groups in total. The topological polar surface area (TPSA) is 36.4 Å². The Morgan fingerprint density at radius 1 is 1.56 bits per heavy atom. The molecule has 0 saturated heterocycles. The number of hydrogen-bond acceptors (Lipinski definition) is 3. The van der Waals surface area contributed by atoms with Gasteiger partial charge in [0.1, 0.15) is 5.82 Å². The van der Waals surface area contributed by atoms with E-state index >= 15 is 0 Å². The van der Waals surface area contributed by atoms with Gasteiger partial charge in [-0.3, -0.25) is 0 Å². The quantitative estimate of drug-likeness (QED) is 0.863. The molecule has 1 rings (SSSR count). The van der Waals surface area contributed by atoms with E-state index in [0.29, 0.717) is 10.9 Å². The number of aliphatic hydroxyl groups is 1. The first-order valence-corrected chi connectivity index (χ1v) is 5.92. The number of rotatable bonds is 5. The summed E-state index contributed by atoms with van der Waals surface area (Å²) in [7, 11) is 1.99. The number of halogens is 1. The Hall–Kier alpha value is -0.800. The second-order valence-corrected chi connectivity index (χ2v) is 4.61. The van der Waals surface area contributed by atoms with Crippen molar-refractivity contribution in [2.24, 2.45) is 5.92 Å². The maximum Gasteiger partial charge on any atom is 0.147 e. The third-order valence-corrected chi connectivity index (χ3v) is 2.98. The SMILES string of the molecule is CCC(C)CN(C)c1ncc(CO)cc1Cl. The summed E-state index contributed by atoms with van der Waals surface area (Å²) in [5, 5.41) is 9.56. The maximum atomic E-state index is 8.96. The maximum absolute atomic E-state index is 8.96. The summed E-state index contributed by atoms with van der Waals surface area (Å²) in [6, 6.07) is 1.76. The van der Waals surface area contributed by atoms with Crippen molar-refractivity contribution in [1.29, 1.82) is 0 Å². The fourth-order valence-electron chi connectivity index (χ4n) is 1.52. The Morgan fingerprint density at radius 2 is 2.25 bits per heavy atom. The smallest absolute Gasteiger partial charge is 0.147 e. The molecular weight excluding hydrogens is 224 g/mol. The Bertz CT molecular complexity index is 344. The molecule has 1 heterocycles. The van der Waals surface area contributed by atoms with E-state index in [0.717, 1.165) is 24.3 Å². The first-order valence-electron chi connectivity index (χ1n) is 5.54. The molecule has 1 unspecified atom stereocenters. The summed E-state index contributed by atoms with van der Waals surface area (Å²) in [4.78, 5) is 6.32. The van der Waals surface area contributed by atoms with Gasteiger partial charge in [0.25, 0.3) is 0 Å². The highest BCUT2D eigenvalue weighted by atomic mass is 35.5. The second-order valence-electron chi connectivity index (χ2n) is 4.20. The van der Waals surface area contributed by atoms with Gasteiger partial charge >= 0.3 is 0 Å². The number of nitrogens with zero attached hydrogens (tertiary/aromatic N) is 2. The minimum absolute atomic E-state index is 0.0257. The number of pyridine rings is 1. The normalized spacial score (nSPS) is 12.6. The number of anilines is 1. The summed E-state index contributed by atoms with van der Waals surface area (Å²) in [5.41, 5.74) is 0.741. The first kappa shape index (κ1) is 13.3. The molecule has 0 saturated carbocycles. The molecule has 4 heteroatoms. The lowest BCUT2D eigenvalue weighted by atomic mass is 10.1. The average molecular weight is 243 g/mol.